The van der Waals surface area contributed by atoms with E-state index in [4.69, 9.17) is 0 Å². The molecule has 2 rings (SSSR count). The van der Waals surface area contributed by atoms with Crippen LogP contribution < -0.4 is 0 Å². The van der Waals surface area contributed by atoms with Gasteiger partial charge in [-0.25, -0.2) is 4.39 Å². The molecule has 3 nitrogen and oxygen atoms in total. The Hall–Kier alpha value is -0.970. The zero-order valence-electron chi connectivity index (χ0n) is 5.21. The molecule has 1 aromatic heterocycles. The minimum Gasteiger partial charge on any atom is -0.337 e. The van der Waals surface area contributed by atoms with Gasteiger partial charge in [0.25, 0.3) is 0 Å². The van der Waals surface area contributed by atoms with Gasteiger partial charge in [0.05, 0.1) is 4.47 Å². The Morgan fingerprint density at radius 1 is 1.45 bits per heavy atom. The second-order valence-corrected chi connectivity index (χ2v) is 2.86. The highest BCUT2D eigenvalue weighted by molar-refractivity contribution is 9.10. The van der Waals surface area contributed by atoms with Gasteiger partial charge in [0, 0.05) is 11.3 Å². The lowest BCUT2D eigenvalue weighted by molar-refractivity contribution is 0.423. The molecule has 0 aliphatic carbocycles. The predicted molar refractivity (Wildman–Crippen MR) is 39.5 cm³/mol. The van der Waals surface area contributed by atoms with Crippen molar-refractivity contribution < 1.29 is 8.91 Å². The van der Waals surface area contributed by atoms with Gasteiger partial charge in [-0.1, -0.05) is 0 Å². The van der Waals surface area contributed by atoms with Gasteiger partial charge in [-0.05, 0) is 22.0 Å². The first-order valence-electron chi connectivity index (χ1n) is 2.84. The van der Waals surface area contributed by atoms with Crippen LogP contribution in [0.4, 0.5) is 4.39 Å². The van der Waals surface area contributed by atoms with Gasteiger partial charge in [0.1, 0.15) is 11.3 Å². The summed E-state index contributed by atoms with van der Waals surface area (Å²) >= 11 is 3.02. The van der Waals surface area contributed by atoms with Crippen LogP contribution in [0.15, 0.2) is 21.1 Å². The lowest BCUT2D eigenvalue weighted by Crippen LogP contribution is -1.76. The van der Waals surface area contributed by atoms with E-state index in [1.807, 2.05) is 0 Å². The van der Waals surface area contributed by atoms with Crippen molar-refractivity contribution in [2.45, 2.75) is 0 Å². The zero-order valence-corrected chi connectivity index (χ0v) is 6.80. The molecule has 0 aliphatic rings. The standard InChI is InChI=1S/C6H2BrFN2O/c7-3-1-5-6(2-4(3)8)11-10-9-5/h1-2H. The molecular weight excluding hydrogens is 215 g/mol. The van der Waals surface area contributed by atoms with E-state index in [9.17, 15) is 4.39 Å². The number of rotatable bonds is 0. The molecule has 56 valence electrons. The summed E-state index contributed by atoms with van der Waals surface area (Å²) in [5.74, 6) is -0.379. The van der Waals surface area contributed by atoms with E-state index in [1.165, 1.54) is 12.1 Å². The smallest absolute Gasteiger partial charge is 0.190 e. The summed E-state index contributed by atoms with van der Waals surface area (Å²) in [7, 11) is 0. The topological polar surface area (TPSA) is 38.9 Å². The normalized spacial score (nSPS) is 10.7. The number of hydrogen-bond donors (Lipinski definition) is 0. The minimum absolute atomic E-state index is 0.353. The van der Waals surface area contributed by atoms with E-state index in [1.54, 1.807) is 0 Å². The van der Waals surface area contributed by atoms with Crippen LogP contribution in [0.3, 0.4) is 0 Å². The molecule has 0 fully saturated rings. The van der Waals surface area contributed by atoms with E-state index in [-0.39, 0.29) is 5.82 Å². The maximum Gasteiger partial charge on any atom is 0.190 e. The van der Waals surface area contributed by atoms with Crippen LogP contribution >= 0.6 is 15.9 Å². The molecule has 0 atom stereocenters. The summed E-state index contributed by atoms with van der Waals surface area (Å²) in [6.07, 6.45) is 0. The fraction of sp³-hybridized carbons (Fsp3) is 0. The van der Waals surface area contributed by atoms with Crippen molar-refractivity contribution in [3.05, 3.63) is 22.4 Å². The molecule has 0 amide bonds. The van der Waals surface area contributed by atoms with Gasteiger partial charge in [-0.15, -0.1) is 5.10 Å². The first-order valence-corrected chi connectivity index (χ1v) is 3.64. The summed E-state index contributed by atoms with van der Waals surface area (Å²) in [4.78, 5) is 0. The van der Waals surface area contributed by atoms with Crippen LogP contribution in [-0.2, 0) is 0 Å². The van der Waals surface area contributed by atoms with Crippen LogP contribution in [0.5, 0.6) is 0 Å². The maximum absolute atomic E-state index is 12.8. The Bertz CT molecular complexity index is 364. The third kappa shape index (κ3) is 1.01. The number of nitrogens with zero attached hydrogens (tertiary/aromatic N) is 2. The van der Waals surface area contributed by atoms with E-state index >= 15 is 0 Å². The Morgan fingerprint density at radius 3 is 3.09 bits per heavy atom. The first-order chi connectivity index (χ1) is 5.27. The van der Waals surface area contributed by atoms with Gasteiger partial charge >= 0.3 is 0 Å². The van der Waals surface area contributed by atoms with E-state index in [0.717, 1.165) is 0 Å². The molecule has 0 bridgehead atoms. The molecule has 0 saturated heterocycles. The molecule has 1 heterocycles. The zero-order chi connectivity index (χ0) is 7.84. The van der Waals surface area contributed by atoms with Gasteiger partial charge in [-0.3, -0.25) is 0 Å². The largest absolute Gasteiger partial charge is 0.337 e. The SMILES string of the molecule is Fc1cc2onnc2cc1Br. The molecule has 5 heteroatoms. The van der Waals surface area contributed by atoms with Crippen molar-refractivity contribution in [1.29, 1.82) is 0 Å². The Balaban J connectivity index is 2.86. The number of hydrogen-bond acceptors (Lipinski definition) is 3. The number of aromatic nitrogens is 2. The highest BCUT2D eigenvalue weighted by Gasteiger charge is 2.05. The average molecular weight is 217 g/mol. The Morgan fingerprint density at radius 2 is 2.27 bits per heavy atom. The lowest BCUT2D eigenvalue weighted by Gasteiger charge is -1.89. The fourth-order valence-corrected chi connectivity index (χ4v) is 1.11. The maximum atomic E-state index is 12.8. The monoisotopic (exact) mass is 216 g/mol. The predicted octanol–water partition coefficient (Wildman–Crippen LogP) is 2.12. The Kier molecular flexibility index (Phi) is 1.38. The summed E-state index contributed by atoms with van der Waals surface area (Å²) in [6, 6.07) is 2.75. The highest BCUT2D eigenvalue weighted by Crippen LogP contribution is 2.20. The molecule has 0 radical (unpaired) electrons. The fourth-order valence-electron chi connectivity index (χ4n) is 0.778. The molecule has 0 unspecified atom stereocenters. The number of benzene rings is 1. The van der Waals surface area contributed by atoms with Crippen molar-refractivity contribution in [3.8, 4) is 0 Å². The van der Waals surface area contributed by atoms with Crippen molar-refractivity contribution in [1.82, 2.24) is 10.4 Å². The molecule has 0 spiro atoms. The van der Waals surface area contributed by atoms with E-state index < -0.39 is 0 Å². The van der Waals surface area contributed by atoms with Crippen molar-refractivity contribution >= 4 is 27.0 Å². The third-order valence-corrected chi connectivity index (χ3v) is 1.90. The molecule has 0 saturated carbocycles. The van der Waals surface area contributed by atoms with Crippen LogP contribution in [-0.4, -0.2) is 10.4 Å². The van der Waals surface area contributed by atoms with Gasteiger partial charge in [-0.2, -0.15) is 0 Å². The molecular formula is C6H2BrFN2O. The molecule has 0 aliphatic heterocycles. The third-order valence-electron chi connectivity index (χ3n) is 1.29. The lowest BCUT2D eigenvalue weighted by atomic mass is 10.3. The van der Waals surface area contributed by atoms with Crippen LogP contribution in [0.1, 0.15) is 0 Å². The Labute approximate surface area is 69.3 Å². The van der Waals surface area contributed by atoms with Crippen molar-refractivity contribution in [2.24, 2.45) is 0 Å². The van der Waals surface area contributed by atoms with Crippen molar-refractivity contribution in [2.75, 3.05) is 0 Å². The van der Waals surface area contributed by atoms with Crippen LogP contribution in [0, 0.1) is 5.82 Å². The van der Waals surface area contributed by atoms with Gasteiger partial charge in [0.15, 0.2) is 5.58 Å². The first kappa shape index (κ1) is 6.72. The van der Waals surface area contributed by atoms with Crippen LogP contribution in [0.2, 0.25) is 0 Å². The number of halogens is 2. The molecule has 1 aromatic carbocycles. The summed E-state index contributed by atoms with van der Waals surface area (Å²) < 4.78 is 17.8. The van der Waals surface area contributed by atoms with Crippen molar-refractivity contribution in [3.63, 3.8) is 0 Å². The van der Waals surface area contributed by atoms with E-state index in [2.05, 4.69) is 30.8 Å². The molecule has 2 aromatic rings. The number of fused-ring (bicyclic) bond motifs is 1. The second kappa shape index (κ2) is 2.27. The van der Waals surface area contributed by atoms with Gasteiger partial charge in [0.2, 0.25) is 0 Å². The van der Waals surface area contributed by atoms with Crippen LogP contribution in [0.25, 0.3) is 11.1 Å². The van der Waals surface area contributed by atoms with E-state index in [0.29, 0.717) is 15.6 Å². The molecule has 0 N–H and O–H groups in total. The summed E-state index contributed by atoms with van der Waals surface area (Å²) in [5, 5.41) is 6.88. The minimum atomic E-state index is -0.379. The average Bonchev–Trinajstić information content (AvgIpc) is 2.36. The molecule has 11 heavy (non-hydrogen) atoms. The van der Waals surface area contributed by atoms with Gasteiger partial charge < -0.3 is 4.52 Å². The second-order valence-electron chi connectivity index (χ2n) is 2.01. The highest BCUT2D eigenvalue weighted by atomic mass is 79.9. The quantitative estimate of drug-likeness (QED) is 0.678. The summed E-state index contributed by atoms with van der Waals surface area (Å²) in [5.41, 5.74) is 0.893. The summed E-state index contributed by atoms with van der Waals surface area (Å²) in [6.45, 7) is 0.